The van der Waals surface area contributed by atoms with E-state index in [-0.39, 0.29) is 0 Å². The van der Waals surface area contributed by atoms with Gasteiger partial charge in [-0.1, -0.05) is 30.3 Å². The summed E-state index contributed by atoms with van der Waals surface area (Å²) in [5.74, 6) is 0. The van der Waals surface area contributed by atoms with E-state index in [0.29, 0.717) is 0 Å². The Kier molecular flexibility index (Phi) is 3.35. The van der Waals surface area contributed by atoms with Gasteiger partial charge in [-0.05, 0) is 17.7 Å². The third-order valence-corrected chi connectivity index (χ3v) is 2.17. The normalized spacial score (nSPS) is 11.4. The molecule has 0 heterocycles. The maximum Gasteiger partial charge on any atom is 0.104 e. The van der Waals surface area contributed by atoms with Gasteiger partial charge in [0.15, 0.2) is 0 Å². The lowest BCUT2D eigenvalue weighted by atomic mass is 10.1. The van der Waals surface area contributed by atoms with E-state index >= 15 is 0 Å². The second-order valence-electron chi connectivity index (χ2n) is 4.56. The van der Waals surface area contributed by atoms with Crippen LogP contribution in [0.5, 0.6) is 0 Å². The fourth-order valence-electron chi connectivity index (χ4n) is 1.35. The number of halogens is 1. The van der Waals surface area contributed by atoms with Gasteiger partial charge in [-0.15, -0.1) is 0 Å². The van der Waals surface area contributed by atoms with E-state index in [1.165, 1.54) is 5.56 Å². The zero-order valence-electron chi connectivity index (χ0n) is 9.05. The number of hydrogen-bond donors (Lipinski definition) is 0. The SMILES string of the molecule is C=C(C[N+](C)(C)C)c1ccc(Cl)cc1. The van der Waals surface area contributed by atoms with Crippen LogP contribution in [0.25, 0.3) is 5.57 Å². The molecule has 1 rings (SSSR count). The number of benzene rings is 1. The van der Waals surface area contributed by atoms with Gasteiger partial charge in [0.05, 0.1) is 21.1 Å². The van der Waals surface area contributed by atoms with Crippen molar-refractivity contribution in [2.75, 3.05) is 27.7 Å². The van der Waals surface area contributed by atoms with Crippen LogP contribution in [0.3, 0.4) is 0 Å². The minimum absolute atomic E-state index is 0.770. The van der Waals surface area contributed by atoms with Crippen molar-refractivity contribution in [2.45, 2.75) is 0 Å². The van der Waals surface area contributed by atoms with E-state index in [9.17, 15) is 0 Å². The predicted molar refractivity (Wildman–Crippen MR) is 63.4 cm³/mol. The van der Waals surface area contributed by atoms with Crippen molar-refractivity contribution in [1.82, 2.24) is 0 Å². The molecule has 0 N–H and O–H groups in total. The molecule has 0 radical (unpaired) electrons. The molecular weight excluding hydrogens is 194 g/mol. The molecule has 2 heteroatoms. The molecule has 14 heavy (non-hydrogen) atoms. The summed E-state index contributed by atoms with van der Waals surface area (Å²) in [7, 11) is 6.46. The summed E-state index contributed by atoms with van der Waals surface area (Å²) in [6.45, 7) is 5.03. The van der Waals surface area contributed by atoms with Gasteiger partial charge in [0, 0.05) is 10.6 Å². The zero-order valence-corrected chi connectivity index (χ0v) is 9.80. The lowest BCUT2D eigenvalue weighted by molar-refractivity contribution is -0.862. The minimum Gasteiger partial charge on any atom is -0.327 e. The summed E-state index contributed by atoms with van der Waals surface area (Å²) in [5.41, 5.74) is 2.32. The van der Waals surface area contributed by atoms with Gasteiger partial charge in [-0.25, -0.2) is 0 Å². The first kappa shape index (κ1) is 11.3. The second-order valence-corrected chi connectivity index (χ2v) is 5.00. The summed E-state index contributed by atoms with van der Waals surface area (Å²) in [4.78, 5) is 0. The van der Waals surface area contributed by atoms with Crippen molar-refractivity contribution in [3.05, 3.63) is 41.4 Å². The van der Waals surface area contributed by atoms with Crippen LogP contribution in [0.4, 0.5) is 0 Å². The van der Waals surface area contributed by atoms with E-state index in [1.54, 1.807) is 0 Å². The molecular formula is C12H17ClN+. The van der Waals surface area contributed by atoms with Gasteiger partial charge < -0.3 is 4.48 Å². The van der Waals surface area contributed by atoms with Gasteiger partial charge in [0.25, 0.3) is 0 Å². The van der Waals surface area contributed by atoms with Crippen molar-refractivity contribution in [1.29, 1.82) is 0 Å². The van der Waals surface area contributed by atoms with Crippen molar-refractivity contribution >= 4 is 17.2 Å². The summed E-state index contributed by atoms with van der Waals surface area (Å²) < 4.78 is 0.890. The zero-order chi connectivity index (χ0) is 10.8. The van der Waals surface area contributed by atoms with Crippen molar-refractivity contribution in [2.24, 2.45) is 0 Å². The molecule has 0 aliphatic heterocycles. The Bertz CT molecular complexity index is 319. The number of quaternary nitrogens is 1. The van der Waals surface area contributed by atoms with Crippen molar-refractivity contribution in [3.8, 4) is 0 Å². The number of nitrogens with zero attached hydrogens (tertiary/aromatic N) is 1. The third-order valence-electron chi connectivity index (χ3n) is 1.92. The molecule has 0 aliphatic rings. The largest absolute Gasteiger partial charge is 0.327 e. The van der Waals surface area contributed by atoms with Crippen LogP contribution in [0.15, 0.2) is 30.8 Å². The van der Waals surface area contributed by atoms with Crippen LogP contribution in [-0.4, -0.2) is 32.2 Å². The van der Waals surface area contributed by atoms with Gasteiger partial charge in [0.2, 0.25) is 0 Å². The number of likely N-dealkylation sites (N-methyl/N-ethyl adjacent to an activating group) is 1. The van der Waals surface area contributed by atoms with Crippen molar-refractivity contribution < 1.29 is 4.48 Å². The Morgan fingerprint density at radius 2 is 1.71 bits per heavy atom. The first-order valence-corrected chi connectivity index (χ1v) is 5.00. The Morgan fingerprint density at radius 1 is 1.21 bits per heavy atom. The quantitative estimate of drug-likeness (QED) is 0.673. The molecule has 0 saturated heterocycles. The van der Waals surface area contributed by atoms with Crippen LogP contribution < -0.4 is 0 Å². The third kappa shape index (κ3) is 3.52. The summed E-state index contributed by atoms with van der Waals surface area (Å²) in [5, 5.41) is 0.770. The Labute approximate surface area is 91.2 Å². The monoisotopic (exact) mass is 210 g/mol. The lowest BCUT2D eigenvalue weighted by Crippen LogP contribution is -2.35. The molecule has 0 unspecified atom stereocenters. The molecule has 0 spiro atoms. The van der Waals surface area contributed by atoms with Crippen LogP contribution in [0, 0.1) is 0 Å². The maximum absolute atomic E-state index is 5.82. The van der Waals surface area contributed by atoms with E-state index in [2.05, 4.69) is 27.7 Å². The molecule has 0 fully saturated rings. The second kappa shape index (κ2) is 4.16. The standard InChI is InChI=1S/C12H17ClN/c1-10(9-14(2,3)4)11-5-7-12(13)8-6-11/h5-8H,1,9H2,2-4H3/q+1. The molecule has 1 nitrogen and oxygen atoms in total. The molecule has 0 amide bonds. The van der Waals surface area contributed by atoms with Crippen LogP contribution in [-0.2, 0) is 0 Å². The average molecular weight is 211 g/mol. The fourth-order valence-corrected chi connectivity index (χ4v) is 1.48. The molecule has 1 aromatic rings. The van der Waals surface area contributed by atoms with Crippen molar-refractivity contribution in [3.63, 3.8) is 0 Å². The molecule has 0 aliphatic carbocycles. The molecule has 0 atom stereocenters. The Balaban J connectivity index is 2.76. The highest BCUT2D eigenvalue weighted by atomic mass is 35.5. The highest BCUT2D eigenvalue weighted by Gasteiger charge is 2.10. The average Bonchev–Trinajstić information content (AvgIpc) is 2.02. The Hall–Kier alpha value is -0.790. The molecule has 1 aromatic carbocycles. The number of rotatable bonds is 3. The lowest BCUT2D eigenvalue weighted by Gasteiger charge is -2.25. The molecule has 76 valence electrons. The van der Waals surface area contributed by atoms with Crippen LogP contribution in [0.2, 0.25) is 5.02 Å². The Morgan fingerprint density at radius 3 is 2.14 bits per heavy atom. The van der Waals surface area contributed by atoms with E-state index in [4.69, 9.17) is 11.6 Å². The predicted octanol–water partition coefficient (Wildman–Crippen LogP) is 3.06. The van der Waals surface area contributed by atoms with Gasteiger partial charge in [-0.2, -0.15) is 0 Å². The minimum atomic E-state index is 0.770. The highest BCUT2D eigenvalue weighted by Crippen LogP contribution is 2.17. The summed E-state index contributed by atoms with van der Waals surface area (Å²) in [6.07, 6.45) is 0. The molecule has 0 bridgehead atoms. The first-order valence-electron chi connectivity index (χ1n) is 4.63. The van der Waals surface area contributed by atoms with Crippen LogP contribution >= 0.6 is 11.6 Å². The molecule has 0 aromatic heterocycles. The molecule has 0 saturated carbocycles. The maximum atomic E-state index is 5.82. The highest BCUT2D eigenvalue weighted by molar-refractivity contribution is 6.30. The summed E-state index contributed by atoms with van der Waals surface area (Å²) in [6, 6.07) is 7.83. The van der Waals surface area contributed by atoms with E-state index in [0.717, 1.165) is 21.6 Å². The first-order chi connectivity index (χ1) is 6.38. The van der Waals surface area contributed by atoms with Gasteiger partial charge >= 0.3 is 0 Å². The van der Waals surface area contributed by atoms with Gasteiger partial charge in [0.1, 0.15) is 6.54 Å². The smallest absolute Gasteiger partial charge is 0.104 e. The van der Waals surface area contributed by atoms with E-state index in [1.807, 2.05) is 24.3 Å². The fraction of sp³-hybridized carbons (Fsp3) is 0.333. The van der Waals surface area contributed by atoms with Gasteiger partial charge in [-0.3, -0.25) is 0 Å². The van der Waals surface area contributed by atoms with Crippen LogP contribution in [0.1, 0.15) is 5.56 Å². The summed E-state index contributed by atoms with van der Waals surface area (Å²) >= 11 is 5.82. The number of hydrogen-bond acceptors (Lipinski definition) is 0. The topological polar surface area (TPSA) is 0 Å². The van der Waals surface area contributed by atoms with E-state index < -0.39 is 0 Å².